The van der Waals surface area contributed by atoms with Crippen LogP contribution >= 0.6 is 11.6 Å². The lowest BCUT2D eigenvalue weighted by atomic mass is 10.1. The van der Waals surface area contributed by atoms with E-state index in [1.165, 1.54) is 6.07 Å². The third-order valence-corrected chi connectivity index (χ3v) is 3.36. The van der Waals surface area contributed by atoms with Gasteiger partial charge in [0.25, 0.3) is 5.69 Å². The zero-order chi connectivity index (χ0) is 14.5. The summed E-state index contributed by atoms with van der Waals surface area (Å²) in [5.41, 5.74) is 2.52. The van der Waals surface area contributed by atoms with Crippen molar-refractivity contribution in [3.8, 4) is 0 Å². The molecule has 1 heterocycles. The second kappa shape index (κ2) is 6.45. The highest BCUT2D eigenvalue weighted by Crippen LogP contribution is 2.25. The second-order valence-electron chi connectivity index (χ2n) is 4.37. The molecular weight excluding hydrogens is 278 g/mol. The van der Waals surface area contributed by atoms with E-state index in [1.807, 2.05) is 19.1 Å². The Bertz CT molecular complexity index is 632. The first-order chi connectivity index (χ1) is 9.59. The van der Waals surface area contributed by atoms with Crippen molar-refractivity contribution < 1.29 is 4.92 Å². The third kappa shape index (κ3) is 3.31. The molecule has 5 nitrogen and oxygen atoms in total. The van der Waals surface area contributed by atoms with Gasteiger partial charge in [0.15, 0.2) is 0 Å². The van der Waals surface area contributed by atoms with E-state index in [-0.39, 0.29) is 5.69 Å². The van der Waals surface area contributed by atoms with Crippen molar-refractivity contribution in [2.45, 2.75) is 20.0 Å². The van der Waals surface area contributed by atoms with Gasteiger partial charge in [-0.15, -0.1) is 0 Å². The SMILES string of the molecule is Cc1cccnc1CNCc1c(Cl)cccc1[N+](=O)[O-]. The highest BCUT2D eigenvalue weighted by molar-refractivity contribution is 6.31. The lowest BCUT2D eigenvalue weighted by molar-refractivity contribution is -0.385. The van der Waals surface area contributed by atoms with Crippen molar-refractivity contribution in [2.75, 3.05) is 0 Å². The van der Waals surface area contributed by atoms with E-state index in [9.17, 15) is 10.1 Å². The molecule has 1 aromatic heterocycles. The summed E-state index contributed by atoms with van der Waals surface area (Å²) in [7, 11) is 0. The topological polar surface area (TPSA) is 68.1 Å². The summed E-state index contributed by atoms with van der Waals surface area (Å²) in [6, 6.07) is 8.53. The van der Waals surface area contributed by atoms with Gasteiger partial charge >= 0.3 is 0 Å². The maximum Gasteiger partial charge on any atom is 0.275 e. The van der Waals surface area contributed by atoms with Gasteiger partial charge in [0.1, 0.15) is 0 Å². The van der Waals surface area contributed by atoms with E-state index in [1.54, 1.807) is 18.3 Å². The van der Waals surface area contributed by atoms with Crippen molar-refractivity contribution in [3.05, 3.63) is 68.5 Å². The maximum absolute atomic E-state index is 11.0. The van der Waals surface area contributed by atoms with Crippen molar-refractivity contribution >= 4 is 17.3 Å². The molecule has 0 aliphatic heterocycles. The minimum absolute atomic E-state index is 0.0303. The number of hydrogen-bond donors (Lipinski definition) is 1. The molecule has 2 aromatic rings. The van der Waals surface area contributed by atoms with Crippen molar-refractivity contribution in [1.29, 1.82) is 0 Å². The lowest BCUT2D eigenvalue weighted by Crippen LogP contribution is -2.15. The number of halogens is 1. The fourth-order valence-electron chi connectivity index (χ4n) is 1.90. The Morgan fingerprint density at radius 2 is 2.10 bits per heavy atom. The average molecular weight is 292 g/mol. The normalized spacial score (nSPS) is 10.5. The molecule has 0 radical (unpaired) electrons. The number of hydrogen-bond acceptors (Lipinski definition) is 4. The number of rotatable bonds is 5. The third-order valence-electron chi connectivity index (χ3n) is 3.00. The monoisotopic (exact) mass is 291 g/mol. The second-order valence-corrected chi connectivity index (χ2v) is 4.77. The summed E-state index contributed by atoms with van der Waals surface area (Å²) >= 11 is 6.03. The molecule has 0 saturated heterocycles. The quantitative estimate of drug-likeness (QED) is 0.678. The number of nitrogens with one attached hydrogen (secondary N) is 1. The van der Waals surface area contributed by atoms with Crippen molar-refractivity contribution in [3.63, 3.8) is 0 Å². The smallest absolute Gasteiger partial charge is 0.275 e. The van der Waals surface area contributed by atoms with Gasteiger partial charge in [0.05, 0.1) is 21.2 Å². The van der Waals surface area contributed by atoms with Crippen LogP contribution in [0.3, 0.4) is 0 Å². The van der Waals surface area contributed by atoms with Crippen LogP contribution in [0, 0.1) is 17.0 Å². The molecule has 1 aromatic carbocycles. The molecule has 20 heavy (non-hydrogen) atoms. The minimum Gasteiger partial charge on any atom is -0.307 e. The van der Waals surface area contributed by atoms with Crippen molar-refractivity contribution in [1.82, 2.24) is 10.3 Å². The van der Waals surface area contributed by atoms with Crippen LogP contribution in [0.5, 0.6) is 0 Å². The van der Waals surface area contributed by atoms with E-state index in [0.717, 1.165) is 11.3 Å². The molecule has 0 bridgehead atoms. The van der Waals surface area contributed by atoms with Crippen LogP contribution in [0.4, 0.5) is 5.69 Å². The van der Waals surface area contributed by atoms with Gasteiger partial charge in [-0.05, 0) is 24.6 Å². The fourth-order valence-corrected chi connectivity index (χ4v) is 2.14. The summed E-state index contributed by atoms with van der Waals surface area (Å²) in [6.45, 7) is 2.84. The highest BCUT2D eigenvalue weighted by Gasteiger charge is 2.15. The van der Waals surface area contributed by atoms with Crippen LogP contribution in [0.15, 0.2) is 36.5 Å². The van der Waals surface area contributed by atoms with Gasteiger partial charge < -0.3 is 5.32 Å². The van der Waals surface area contributed by atoms with E-state index in [0.29, 0.717) is 23.7 Å². The summed E-state index contributed by atoms with van der Waals surface area (Å²) < 4.78 is 0. The first-order valence-electron chi connectivity index (χ1n) is 6.12. The molecule has 2 rings (SSSR count). The summed E-state index contributed by atoms with van der Waals surface area (Å²) in [5.74, 6) is 0. The molecule has 0 aliphatic rings. The zero-order valence-corrected chi connectivity index (χ0v) is 11.7. The predicted octanol–water partition coefficient (Wildman–Crippen LogP) is 3.24. The van der Waals surface area contributed by atoms with Gasteiger partial charge in [0, 0.05) is 25.4 Å². The number of benzene rings is 1. The molecule has 1 N–H and O–H groups in total. The highest BCUT2D eigenvalue weighted by atomic mass is 35.5. The standard InChI is InChI=1S/C14H14ClN3O2/c1-10-4-3-7-17-13(10)9-16-8-11-12(15)5-2-6-14(11)18(19)20/h2-7,16H,8-9H2,1H3. The Kier molecular flexibility index (Phi) is 4.65. The van der Waals surface area contributed by atoms with Gasteiger partial charge in [-0.3, -0.25) is 15.1 Å². The minimum atomic E-state index is -0.422. The Morgan fingerprint density at radius 1 is 1.30 bits per heavy atom. The average Bonchev–Trinajstić information content (AvgIpc) is 2.42. The van der Waals surface area contributed by atoms with Gasteiger partial charge in [0.2, 0.25) is 0 Å². The molecule has 0 aliphatic carbocycles. The van der Waals surface area contributed by atoms with Crippen LogP contribution in [-0.4, -0.2) is 9.91 Å². The van der Waals surface area contributed by atoms with Crippen LogP contribution in [0.1, 0.15) is 16.8 Å². The lowest BCUT2D eigenvalue weighted by Gasteiger charge is -2.08. The zero-order valence-electron chi connectivity index (χ0n) is 11.0. The van der Waals surface area contributed by atoms with Crippen LogP contribution < -0.4 is 5.32 Å². The number of nitro benzene ring substituents is 1. The Labute approximate surface area is 121 Å². The molecule has 0 amide bonds. The van der Waals surface area contributed by atoms with Crippen LogP contribution in [-0.2, 0) is 13.1 Å². The van der Waals surface area contributed by atoms with Crippen LogP contribution in [0.2, 0.25) is 5.02 Å². The first kappa shape index (κ1) is 14.4. The molecule has 0 atom stereocenters. The number of nitrogens with zero attached hydrogens (tertiary/aromatic N) is 2. The molecule has 0 saturated carbocycles. The van der Waals surface area contributed by atoms with E-state index < -0.39 is 4.92 Å². The Hall–Kier alpha value is -1.98. The van der Waals surface area contributed by atoms with Gasteiger partial charge in [-0.2, -0.15) is 0 Å². The largest absolute Gasteiger partial charge is 0.307 e. The van der Waals surface area contributed by atoms with Gasteiger partial charge in [-0.1, -0.05) is 23.7 Å². The molecule has 0 unspecified atom stereocenters. The molecule has 6 heteroatoms. The number of nitro groups is 1. The van der Waals surface area contributed by atoms with E-state index >= 15 is 0 Å². The molecule has 104 valence electrons. The van der Waals surface area contributed by atoms with Crippen molar-refractivity contribution in [2.24, 2.45) is 0 Å². The van der Waals surface area contributed by atoms with E-state index in [4.69, 9.17) is 11.6 Å². The Balaban J connectivity index is 2.08. The first-order valence-corrected chi connectivity index (χ1v) is 6.50. The number of pyridine rings is 1. The maximum atomic E-state index is 11.0. The van der Waals surface area contributed by atoms with Gasteiger partial charge in [-0.25, -0.2) is 0 Å². The summed E-state index contributed by atoms with van der Waals surface area (Å²) in [5, 5.41) is 14.5. The molecular formula is C14H14ClN3O2. The van der Waals surface area contributed by atoms with Crippen LogP contribution in [0.25, 0.3) is 0 Å². The fraction of sp³-hybridized carbons (Fsp3) is 0.214. The number of aromatic nitrogens is 1. The Morgan fingerprint density at radius 3 is 2.80 bits per heavy atom. The molecule has 0 fully saturated rings. The van der Waals surface area contributed by atoms with E-state index in [2.05, 4.69) is 10.3 Å². The predicted molar refractivity (Wildman–Crippen MR) is 77.6 cm³/mol. The summed E-state index contributed by atoms with van der Waals surface area (Å²) in [4.78, 5) is 14.8. The summed E-state index contributed by atoms with van der Waals surface area (Å²) in [6.07, 6.45) is 1.72. The number of aryl methyl sites for hydroxylation is 1. The molecule has 0 spiro atoms.